The van der Waals surface area contributed by atoms with E-state index >= 15 is 0 Å². The lowest BCUT2D eigenvalue weighted by Gasteiger charge is -2.20. The Bertz CT molecular complexity index is 1050. The number of halogens is 2. The lowest BCUT2D eigenvalue weighted by Crippen LogP contribution is -2.11. The van der Waals surface area contributed by atoms with Crippen molar-refractivity contribution in [3.8, 4) is 23.0 Å². The molecule has 0 aliphatic rings. The van der Waals surface area contributed by atoms with Gasteiger partial charge in [0.05, 0.1) is 18.8 Å². The SMILES string of the molecule is CCCOc1c(OCCC)c(OC(=O)c2ccc(F)cc2)c2cc(Cl)ccc2c1O. The quantitative estimate of drug-likeness (QED) is 0.342. The summed E-state index contributed by atoms with van der Waals surface area (Å²) in [5.74, 6) is -0.988. The summed E-state index contributed by atoms with van der Waals surface area (Å²) in [4.78, 5) is 12.8. The van der Waals surface area contributed by atoms with Crippen molar-refractivity contribution in [2.24, 2.45) is 0 Å². The van der Waals surface area contributed by atoms with E-state index in [9.17, 15) is 14.3 Å². The standard InChI is InChI=1S/C23H22ClFO5/c1-3-11-28-21-19(26)17-10-7-15(24)13-18(17)20(22(21)29-12-4-2)30-23(27)14-5-8-16(25)9-6-14/h5-10,13,26H,3-4,11-12H2,1-2H3. The van der Waals surface area contributed by atoms with Crippen LogP contribution in [0.5, 0.6) is 23.0 Å². The molecule has 3 rings (SSSR count). The molecular formula is C23H22ClFO5. The van der Waals surface area contributed by atoms with Crippen LogP contribution in [-0.2, 0) is 0 Å². The van der Waals surface area contributed by atoms with E-state index in [0.717, 1.165) is 0 Å². The number of benzene rings is 3. The predicted octanol–water partition coefficient (Wildman–Crippen LogP) is 6.13. The van der Waals surface area contributed by atoms with Crippen molar-refractivity contribution in [1.82, 2.24) is 0 Å². The fraction of sp³-hybridized carbons (Fsp3) is 0.261. The zero-order valence-electron chi connectivity index (χ0n) is 16.7. The molecule has 3 aromatic carbocycles. The lowest BCUT2D eigenvalue weighted by molar-refractivity contribution is 0.0729. The van der Waals surface area contributed by atoms with Gasteiger partial charge in [-0.15, -0.1) is 0 Å². The fourth-order valence-electron chi connectivity index (χ4n) is 2.88. The largest absolute Gasteiger partial charge is 0.504 e. The molecule has 5 nitrogen and oxygen atoms in total. The number of phenols is 1. The second-order valence-corrected chi connectivity index (χ2v) is 7.06. The average Bonchev–Trinajstić information content (AvgIpc) is 2.74. The number of carbonyl (C=O) groups is 1. The van der Waals surface area contributed by atoms with Crippen molar-refractivity contribution >= 4 is 28.3 Å². The molecule has 0 aromatic heterocycles. The first-order valence-corrected chi connectivity index (χ1v) is 10.1. The number of hydrogen-bond acceptors (Lipinski definition) is 5. The molecule has 0 saturated heterocycles. The van der Waals surface area contributed by atoms with E-state index in [4.69, 9.17) is 25.8 Å². The maximum absolute atomic E-state index is 13.2. The summed E-state index contributed by atoms with van der Waals surface area (Å²) in [6.07, 6.45) is 1.39. The van der Waals surface area contributed by atoms with Gasteiger partial charge in [0, 0.05) is 15.8 Å². The Labute approximate surface area is 178 Å². The Hall–Kier alpha value is -2.99. The van der Waals surface area contributed by atoms with Crippen LogP contribution in [0.15, 0.2) is 42.5 Å². The minimum Gasteiger partial charge on any atom is -0.504 e. The van der Waals surface area contributed by atoms with Crippen LogP contribution in [-0.4, -0.2) is 24.3 Å². The second kappa shape index (κ2) is 9.67. The normalized spacial score (nSPS) is 10.8. The number of aromatic hydroxyl groups is 1. The Morgan fingerprint density at radius 3 is 2.20 bits per heavy atom. The average molecular weight is 433 g/mol. The van der Waals surface area contributed by atoms with Crippen LogP contribution in [0, 0.1) is 5.82 Å². The summed E-state index contributed by atoms with van der Waals surface area (Å²) in [6.45, 7) is 4.50. The monoisotopic (exact) mass is 432 g/mol. The molecule has 0 radical (unpaired) electrons. The number of carbonyl (C=O) groups excluding carboxylic acids is 1. The number of phenolic OH excluding ortho intramolecular Hbond substituents is 1. The summed E-state index contributed by atoms with van der Waals surface area (Å²) in [6, 6.07) is 9.81. The van der Waals surface area contributed by atoms with E-state index in [-0.39, 0.29) is 28.6 Å². The van der Waals surface area contributed by atoms with Crippen LogP contribution in [0.2, 0.25) is 5.02 Å². The van der Waals surface area contributed by atoms with E-state index < -0.39 is 11.8 Å². The Morgan fingerprint density at radius 1 is 0.933 bits per heavy atom. The van der Waals surface area contributed by atoms with Crippen molar-refractivity contribution in [2.45, 2.75) is 26.7 Å². The van der Waals surface area contributed by atoms with Gasteiger partial charge in [-0.1, -0.05) is 25.4 Å². The molecule has 0 aliphatic heterocycles. The number of rotatable bonds is 8. The molecule has 1 N–H and O–H groups in total. The van der Waals surface area contributed by atoms with Crippen LogP contribution < -0.4 is 14.2 Å². The molecule has 0 heterocycles. The summed E-state index contributed by atoms with van der Waals surface area (Å²) < 4.78 is 30.5. The zero-order chi connectivity index (χ0) is 21.7. The van der Waals surface area contributed by atoms with Crippen molar-refractivity contribution in [1.29, 1.82) is 0 Å². The summed E-state index contributed by atoms with van der Waals surface area (Å²) in [5.41, 5.74) is 0.164. The molecule has 0 aliphatic carbocycles. The third-order valence-corrected chi connectivity index (χ3v) is 4.52. The number of hydrogen-bond donors (Lipinski definition) is 1. The van der Waals surface area contributed by atoms with E-state index in [1.165, 1.54) is 24.3 Å². The molecular weight excluding hydrogens is 411 g/mol. The Kier molecular flexibility index (Phi) is 7.00. The number of esters is 1. The predicted molar refractivity (Wildman–Crippen MR) is 114 cm³/mol. The van der Waals surface area contributed by atoms with Gasteiger partial charge in [0.15, 0.2) is 11.5 Å². The van der Waals surface area contributed by atoms with Crippen molar-refractivity contribution in [3.05, 3.63) is 58.9 Å². The van der Waals surface area contributed by atoms with Gasteiger partial charge in [-0.3, -0.25) is 0 Å². The Balaban J connectivity index is 2.19. The van der Waals surface area contributed by atoms with Crippen LogP contribution in [0.1, 0.15) is 37.0 Å². The molecule has 0 fully saturated rings. The van der Waals surface area contributed by atoms with Gasteiger partial charge in [0.1, 0.15) is 5.82 Å². The first-order chi connectivity index (χ1) is 14.5. The summed E-state index contributed by atoms with van der Waals surface area (Å²) in [5, 5.41) is 12.0. The van der Waals surface area contributed by atoms with E-state index in [1.807, 2.05) is 13.8 Å². The third kappa shape index (κ3) is 4.60. The fourth-order valence-corrected chi connectivity index (χ4v) is 3.05. The van der Waals surface area contributed by atoms with E-state index in [0.29, 0.717) is 41.9 Å². The van der Waals surface area contributed by atoms with Gasteiger partial charge in [-0.05, 0) is 55.3 Å². The third-order valence-electron chi connectivity index (χ3n) is 4.28. The number of ether oxygens (including phenoxy) is 3. The highest BCUT2D eigenvalue weighted by Crippen LogP contribution is 2.51. The first-order valence-electron chi connectivity index (χ1n) is 9.67. The minimum atomic E-state index is -0.704. The maximum atomic E-state index is 13.2. The molecule has 3 aromatic rings. The molecule has 0 amide bonds. The van der Waals surface area contributed by atoms with Gasteiger partial charge >= 0.3 is 5.97 Å². The molecule has 0 saturated carbocycles. The summed E-state index contributed by atoms with van der Waals surface area (Å²) >= 11 is 6.16. The molecule has 0 unspecified atom stereocenters. The maximum Gasteiger partial charge on any atom is 0.343 e. The zero-order valence-corrected chi connectivity index (χ0v) is 17.5. The second-order valence-electron chi connectivity index (χ2n) is 6.62. The first kappa shape index (κ1) is 21.7. The van der Waals surface area contributed by atoms with E-state index in [1.54, 1.807) is 18.2 Å². The lowest BCUT2D eigenvalue weighted by atomic mass is 10.1. The minimum absolute atomic E-state index is 0.0826. The van der Waals surface area contributed by atoms with Crippen molar-refractivity contribution < 1.29 is 28.5 Å². The smallest absolute Gasteiger partial charge is 0.343 e. The molecule has 0 spiro atoms. The van der Waals surface area contributed by atoms with Gasteiger partial charge in [-0.2, -0.15) is 0 Å². The van der Waals surface area contributed by atoms with Crippen LogP contribution in [0.4, 0.5) is 4.39 Å². The number of fused-ring (bicyclic) bond motifs is 1. The highest BCUT2D eigenvalue weighted by Gasteiger charge is 2.26. The van der Waals surface area contributed by atoms with Gasteiger partial charge in [-0.25, -0.2) is 9.18 Å². The molecule has 0 atom stereocenters. The molecule has 7 heteroatoms. The summed E-state index contributed by atoms with van der Waals surface area (Å²) in [7, 11) is 0. The van der Waals surface area contributed by atoms with Gasteiger partial charge in [0.25, 0.3) is 0 Å². The molecule has 0 bridgehead atoms. The van der Waals surface area contributed by atoms with Crippen molar-refractivity contribution in [2.75, 3.05) is 13.2 Å². The van der Waals surface area contributed by atoms with Crippen LogP contribution in [0.3, 0.4) is 0 Å². The van der Waals surface area contributed by atoms with E-state index in [2.05, 4.69) is 0 Å². The van der Waals surface area contributed by atoms with Gasteiger partial charge < -0.3 is 19.3 Å². The highest BCUT2D eigenvalue weighted by atomic mass is 35.5. The molecule has 30 heavy (non-hydrogen) atoms. The highest BCUT2D eigenvalue weighted by molar-refractivity contribution is 6.31. The Morgan fingerprint density at radius 2 is 1.57 bits per heavy atom. The molecule has 158 valence electrons. The van der Waals surface area contributed by atoms with Gasteiger partial charge in [0.2, 0.25) is 11.5 Å². The topological polar surface area (TPSA) is 65.0 Å². The van der Waals surface area contributed by atoms with Crippen molar-refractivity contribution in [3.63, 3.8) is 0 Å². The van der Waals surface area contributed by atoms with Crippen LogP contribution >= 0.6 is 11.6 Å². The van der Waals surface area contributed by atoms with Crippen LogP contribution in [0.25, 0.3) is 10.8 Å².